The van der Waals surface area contributed by atoms with Gasteiger partial charge < -0.3 is 9.32 Å². The van der Waals surface area contributed by atoms with Crippen LogP contribution in [0.15, 0.2) is 168 Å². The van der Waals surface area contributed by atoms with Crippen LogP contribution in [0.25, 0.3) is 65.4 Å². The molecular formula is C42H27NO. The molecule has 0 fully saturated rings. The van der Waals surface area contributed by atoms with Crippen molar-refractivity contribution in [2.24, 2.45) is 0 Å². The highest BCUT2D eigenvalue weighted by Gasteiger charge is 2.19. The summed E-state index contributed by atoms with van der Waals surface area (Å²) in [4.78, 5) is 2.38. The molecule has 44 heavy (non-hydrogen) atoms. The largest absolute Gasteiger partial charge is 0.455 e. The molecule has 0 unspecified atom stereocenters. The minimum absolute atomic E-state index is 0.903. The Kier molecular flexibility index (Phi) is 5.54. The molecule has 2 heteroatoms. The van der Waals surface area contributed by atoms with Gasteiger partial charge in [-0.05, 0) is 75.1 Å². The van der Waals surface area contributed by atoms with Crippen molar-refractivity contribution >= 4 is 71.3 Å². The summed E-state index contributed by atoms with van der Waals surface area (Å²) in [6.07, 6.45) is 0. The third kappa shape index (κ3) is 3.82. The SMILES string of the molecule is c1ccc(N(c2cccc(-c3cccc4oc5c6ccccc6ccc5c34)c2)c2cccc3c2ccc2ccccc23)cc1. The first-order chi connectivity index (χ1) is 21.8. The summed E-state index contributed by atoms with van der Waals surface area (Å²) in [7, 11) is 0. The molecule has 0 aliphatic carbocycles. The van der Waals surface area contributed by atoms with Crippen LogP contribution in [-0.4, -0.2) is 0 Å². The van der Waals surface area contributed by atoms with E-state index >= 15 is 0 Å². The van der Waals surface area contributed by atoms with E-state index in [2.05, 4.69) is 169 Å². The van der Waals surface area contributed by atoms with Gasteiger partial charge in [0.05, 0.1) is 5.69 Å². The Morgan fingerprint density at radius 2 is 1.07 bits per heavy atom. The molecule has 0 bridgehead atoms. The van der Waals surface area contributed by atoms with Crippen molar-refractivity contribution in [2.45, 2.75) is 0 Å². The fourth-order valence-corrected chi connectivity index (χ4v) is 6.83. The van der Waals surface area contributed by atoms with E-state index in [0.717, 1.165) is 55.5 Å². The van der Waals surface area contributed by atoms with Crippen molar-refractivity contribution in [1.82, 2.24) is 0 Å². The van der Waals surface area contributed by atoms with Gasteiger partial charge in [0.15, 0.2) is 0 Å². The summed E-state index contributed by atoms with van der Waals surface area (Å²) < 4.78 is 6.52. The van der Waals surface area contributed by atoms with Crippen LogP contribution in [0.2, 0.25) is 0 Å². The molecule has 0 N–H and O–H groups in total. The maximum Gasteiger partial charge on any atom is 0.143 e. The standard InChI is InChI=1S/C42H27NO/c1-2-14-31(15-3-1)43(39-21-9-20-36-33-17-6-4-11-28(33)23-25-37(36)39)32-16-8-13-30(27-32)34-19-10-22-40-41(34)38-26-24-29-12-5-7-18-35(29)42(38)44-40/h1-27H. The Hall–Kier alpha value is -5.86. The molecule has 0 radical (unpaired) electrons. The number of hydrogen-bond acceptors (Lipinski definition) is 2. The van der Waals surface area contributed by atoms with Crippen molar-refractivity contribution in [1.29, 1.82) is 0 Å². The van der Waals surface area contributed by atoms with Gasteiger partial charge in [-0.2, -0.15) is 0 Å². The first kappa shape index (κ1) is 24.7. The highest BCUT2D eigenvalue weighted by molar-refractivity contribution is 6.19. The van der Waals surface area contributed by atoms with Gasteiger partial charge in [-0.15, -0.1) is 0 Å². The number of rotatable bonds is 4. The average Bonchev–Trinajstić information content (AvgIpc) is 3.49. The van der Waals surface area contributed by atoms with Crippen LogP contribution < -0.4 is 4.90 Å². The number of furan rings is 1. The number of nitrogens with zero attached hydrogens (tertiary/aromatic N) is 1. The van der Waals surface area contributed by atoms with Gasteiger partial charge in [0.2, 0.25) is 0 Å². The lowest BCUT2D eigenvalue weighted by molar-refractivity contribution is 0.673. The molecule has 0 aliphatic rings. The Bertz CT molecular complexity index is 2510. The quantitative estimate of drug-likeness (QED) is 0.199. The molecule has 0 saturated carbocycles. The van der Waals surface area contributed by atoms with E-state index in [9.17, 15) is 0 Å². The van der Waals surface area contributed by atoms with Crippen molar-refractivity contribution in [3.05, 3.63) is 164 Å². The van der Waals surface area contributed by atoms with Crippen LogP contribution >= 0.6 is 0 Å². The molecule has 206 valence electrons. The second-order valence-electron chi connectivity index (χ2n) is 11.3. The lowest BCUT2D eigenvalue weighted by atomic mass is 9.97. The van der Waals surface area contributed by atoms with E-state index in [1.807, 2.05) is 0 Å². The minimum atomic E-state index is 0.903. The molecule has 0 spiro atoms. The topological polar surface area (TPSA) is 16.4 Å². The molecule has 1 aromatic heterocycles. The summed E-state index contributed by atoms with van der Waals surface area (Å²) in [5.74, 6) is 0. The van der Waals surface area contributed by atoms with Crippen molar-refractivity contribution in [3.8, 4) is 11.1 Å². The highest BCUT2D eigenvalue weighted by Crippen LogP contribution is 2.43. The number of benzene rings is 8. The Morgan fingerprint density at radius 3 is 1.93 bits per heavy atom. The van der Waals surface area contributed by atoms with E-state index in [-0.39, 0.29) is 0 Å². The van der Waals surface area contributed by atoms with Gasteiger partial charge in [-0.1, -0.05) is 121 Å². The third-order valence-corrected chi connectivity index (χ3v) is 8.82. The predicted molar refractivity (Wildman–Crippen MR) is 186 cm³/mol. The highest BCUT2D eigenvalue weighted by atomic mass is 16.3. The Morgan fingerprint density at radius 1 is 0.409 bits per heavy atom. The number of para-hydroxylation sites is 1. The van der Waals surface area contributed by atoms with Crippen LogP contribution in [-0.2, 0) is 0 Å². The smallest absolute Gasteiger partial charge is 0.143 e. The molecule has 1 heterocycles. The number of anilines is 3. The van der Waals surface area contributed by atoms with Gasteiger partial charge >= 0.3 is 0 Å². The summed E-state index contributed by atoms with van der Waals surface area (Å²) in [6, 6.07) is 58.5. The van der Waals surface area contributed by atoms with E-state index in [4.69, 9.17) is 4.42 Å². The predicted octanol–water partition coefficient (Wildman–Crippen LogP) is 12.2. The molecule has 9 aromatic rings. The lowest BCUT2D eigenvalue weighted by Gasteiger charge is -2.27. The number of fused-ring (bicyclic) bond motifs is 8. The average molecular weight is 562 g/mol. The summed E-state index contributed by atoms with van der Waals surface area (Å²) >= 11 is 0. The van der Waals surface area contributed by atoms with Gasteiger partial charge in [0.1, 0.15) is 11.2 Å². The molecule has 0 saturated heterocycles. The normalized spacial score (nSPS) is 11.6. The monoisotopic (exact) mass is 561 g/mol. The third-order valence-electron chi connectivity index (χ3n) is 8.82. The van der Waals surface area contributed by atoms with Crippen molar-refractivity contribution in [2.75, 3.05) is 4.90 Å². The molecular weight excluding hydrogens is 534 g/mol. The Balaban J connectivity index is 1.27. The maximum atomic E-state index is 6.52. The van der Waals surface area contributed by atoms with E-state index in [1.165, 1.54) is 26.9 Å². The van der Waals surface area contributed by atoms with Gasteiger partial charge in [0.25, 0.3) is 0 Å². The lowest BCUT2D eigenvalue weighted by Crippen LogP contribution is -2.10. The summed E-state index contributed by atoms with van der Waals surface area (Å²) in [6.45, 7) is 0. The first-order valence-electron chi connectivity index (χ1n) is 15.0. The van der Waals surface area contributed by atoms with Crippen LogP contribution in [0.4, 0.5) is 17.1 Å². The van der Waals surface area contributed by atoms with Gasteiger partial charge in [-0.25, -0.2) is 0 Å². The zero-order chi connectivity index (χ0) is 29.0. The summed E-state index contributed by atoms with van der Waals surface area (Å²) in [5.41, 5.74) is 7.52. The van der Waals surface area contributed by atoms with E-state index < -0.39 is 0 Å². The fraction of sp³-hybridized carbons (Fsp3) is 0. The Labute approximate surface area is 255 Å². The van der Waals surface area contributed by atoms with E-state index in [0.29, 0.717) is 0 Å². The molecule has 8 aromatic carbocycles. The minimum Gasteiger partial charge on any atom is -0.455 e. The molecule has 2 nitrogen and oxygen atoms in total. The van der Waals surface area contributed by atoms with Crippen LogP contribution in [0.3, 0.4) is 0 Å². The second kappa shape index (κ2) is 9.86. The maximum absolute atomic E-state index is 6.52. The van der Waals surface area contributed by atoms with E-state index in [1.54, 1.807) is 0 Å². The van der Waals surface area contributed by atoms with Crippen molar-refractivity contribution < 1.29 is 4.42 Å². The fourth-order valence-electron chi connectivity index (χ4n) is 6.83. The zero-order valence-electron chi connectivity index (χ0n) is 23.9. The van der Waals surface area contributed by atoms with Gasteiger partial charge in [0, 0.05) is 32.9 Å². The van der Waals surface area contributed by atoms with Crippen LogP contribution in [0.1, 0.15) is 0 Å². The second-order valence-corrected chi connectivity index (χ2v) is 11.3. The molecule has 0 aliphatic heterocycles. The molecule has 9 rings (SSSR count). The zero-order valence-corrected chi connectivity index (χ0v) is 23.9. The van der Waals surface area contributed by atoms with Crippen molar-refractivity contribution in [3.63, 3.8) is 0 Å². The van der Waals surface area contributed by atoms with Crippen LogP contribution in [0.5, 0.6) is 0 Å². The number of hydrogen-bond donors (Lipinski definition) is 0. The first-order valence-corrected chi connectivity index (χ1v) is 15.0. The van der Waals surface area contributed by atoms with Crippen LogP contribution in [0, 0.1) is 0 Å². The molecule has 0 atom stereocenters. The molecule has 0 amide bonds. The summed E-state index contributed by atoms with van der Waals surface area (Å²) in [5, 5.41) is 9.59. The van der Waals surface area contributed by atoms with Gasteiger partial charge in [-0.3, -0.25) is 0 Å².